The molecule has 2 aromatic rings. The number of carbonyl (C=O) groups is 3. The molecule has 1 saturated heterocycles. The topological polar surface area (TPSA) is 104 Å². The first-order valence-electron chi connectivity index (χ1n) is 9.04. The Hall–Kier alpha value is -3.75. The van der Waals surface area contributed by atoms with Crippen molar-refractivity contribution in [3.8, 4) is 5.75 Å². The lowest BCUT2D eigenvalue weighted by molar-refractivity contribution is -0.123. The van der Waals surface area contributed by atoms with Crippen LogP contribution in [0.1, 0.15) is 5.56 Å². The summed E-state index contributed by atoms with van der Waals surface area (Å²) < 4.78 is 5.21. The molecular weight excluding hydrogens is 374 g/mol. The van der Waals surface area contributed by atoms with Crippen LogP contribution in [0.15, 0.2) is 58.9 Å². The van der Waals surface area contributed by atoms with Crippen LogP contribution < -0.4 is 15.0 Å². The highest BCUT2D eigenvalue weighted by Crippen LogP contribution is 2.32. The van der Waals surface area contributed by atoms with Gasteiger partial charge in [0.1, 0.15) is 12.3 Å². The van der Waals surface area contributed by atoms with Gasteiger partial charge in [0, 0.05) is 0 Å². The highest BCUT2D eigenvalue weighted by molar-refractivity contribution is 6.25. The summed E-state index contributed by atoms with van der Waals surface area (Å²) in [5.41, 5.74) is 2.00. The second-order valence-electron chi connectivity index (χ2n) is 6.79. The van der Waals surface area contributed by atoms with Gasteiger partial charge >= 0.3 is 0 Å². The quantitative estimate of drug-likeness (QED) is 0.782. The van der Waals surface area contributed by atoms with Gasteiger partial charge < -0.3 is 10.1 Å². The van der Waals surface area contributed by atoms with Crippen LogP contribution in [-0.2, 0) is 14.4 Å². The predicted molar refractivity (Wildman–Crippen MR) is 104 cm³/mol. The number of ether oxygens (including phenoxy) is 1. The Kier molecular flexibility index (Phi) is 4.71. The Labute approximate surface area is 166 Å². The van der Waals surface area contributed by atoms with Gasteiger partial charge in [0.2, 0.25) is 5.91 Å². The van der Waals surface area contributed by atoms with Gasteiger partial charge in [-0.05, 0) is 31.2 Å². The smallest absolute Gasteiger partial charge is 0.263 e. The molecule has 148 valence electrons. The number of benzene rings is 2. The van der Waals surface area contributed by atoms with Gasteiger partial charge in [-0.15, -0.1) is 0 Å². The fourth-order valence-corrected chi connectivity index (χ4v) is 3.39. The number of hydrogen-bond donors (Lipinski definition) is 1. The number of aryl methyl sites for hydroxylation is 1. The number of fused-ring (bicyclic) bond motifs is 1. The van der Waals surface area contributed by atoms with Crippen molar-refractivity contribution in [2.75, 3.05) is 23.9 Å². The summed E-state index contributed by atoms with van der Waals surface area (Å²) in [6.45, 7) is 1.70. The number of methoxy groups -OCH3 is 1. The summed E-state index contributed by atoms with van der Waals surface area (Å²) >= 11 is 0. The zero-order chi connectivity index (χ0) is 20.5. The Morgan fingerprint density at radius 2 is 1.83 bits per heavy atom. The van der Waals surface area contributed by atoms with E-state index in [2.05, 4.69) is 15.7 Å². The number of imide groups is 1. The van der Waals surface area contributed by atoms with Gasteiger partial charge in [0.25, 0.3) is 11.8 Å². The minimum Gasteiger partial charge on any atom is -0.495 e. The monoisotopic (exact) mass is 393 g/mol. The molecule has 3 amide bonds. The minimum atomic E-state index is -0.942. The molecule has 2 heterocycles. The Balaban J connectivity index is 1.49. The summed E-state index contributed by atoms with van der Waals surface area (Å²) in [5, 5.41) is 11.8. The first-order chi connectivity index (χ1) is 14.0. The second-order valence-corrected chi connectivity index (χ2v) is 6.79. The fraction of sp³-hybridized carbons (Fsp3) is 0.250. The summed E-state index contributed by atoms with van der Waals surface area (Å²) in [6, 6.07) is 12.2. The van der Waals surface area contributed by atoms with Crippen LogP contribution in [0.3, 0.4) is 0 Å². The van der Waals surface area contributed by atoms with Crippen LogP contribution in [0.4, 0.5) is 11.4 Å². The van der Waals surface area contributed by atoms with Crippen molar-refractivity contribution < 1.29 is 19.1 Å². The number of nitrogens with one attached hydrogen (secondary N) is 1. The third-order valence-corrected chi connectivity index (χ3v) is 4.84. The maximum Gasteiger partial charge on any atom is 0.263 e. The van der Waals surface area contributed by atoms with E-state index in [0.29, 0.717) is 17.1 Å². The van der Waals surface area contributed by atoms with E-state index in [-0.39, 0.29) is 6.54 Å². The molecule has 2 aliphatic rings. The Morgan fingerprint density at radius 1 is 1.10 bits per heavy atom. The zero-order valence-corrected chi connectivity index (χ0v) is 15.9. The number of carbonyl (C=O) groups excluding carboxylic acids is 3. The molecule has 0 aromatic heterocycles. The maximum absolute atomic E-state index is 12.9. The molecule has 2 aliphatic heterocycles. The molecule has 0 bridgehead atoms. The van der Waals surface area contributed by atoms with Crippen LogP contribution in [0.5, 0.6) is 5.75 Å². The molecule has 1 N–H and O–H groups in total. The van der Waals surface area contributed by atoms with Crippen molar-refractivity contribution >= 4 is 29.1 Å². The molecule has 0 aliphatic carbocycles. The largest absolute Gasteiger partial charge is 0.495 e. The first-order valence-corrected chi connectivity index (χ1v) is 9.04. The molecular formula is C20H19N5O4. The second kappa shape index (κ2) is 7.34. The number of hydrogen-bond acceptors (Lipinski definition) is 7. The lowest BCUT2D eigenvalue weighted by atomic mass is 10.1. The first kappa shape index (κ1) is 18.6. The summed E-state index contributed by atoms with van der Waals surface area (Å²) in [6.07, 6.45) is 0. The van der Waals surface area contributed by atoms with E-state index in [1.165, 1.54) is 12.1 Å². The van der Waals surface area contributed by atoms with Crippen LogP contribution in [-0.4, -0.2) is 48.5 Å². The van der Waals surface area contributed by atoms with Crippen molar-refractivity contribution in [3.05, 3.63) is 54.1 Å². The van der Waals surface area contributed by atoms with Gasteiger partial charge in [0.05, 0.1) is 18.5 Å². The van der Waals surface area contributed by atoms with E-state index in [4.69, 9.17) is 4.74 Å². The molecule has 2 atom stereocenters. The van der Waals surface area contributed by atoms with Crippen LogP contribution in [0.25, 0.3) is 0 Å². The highest BCUT2D eigenvalue weighted by Gasteiger charge is 2.55. The van der Waals surface area contributed by atoms with E-state index >= 15 is 0 Å². The molecule has 0 radical (unpaired) electrons. The molecule has 29 heavy (non-hydrogen) atoms. The third kappa shape index (κ3) is 3.31. The number of rotatable bonds is 5. The molecule has 0 spiro atoms. The SMILES string of the molecule is COc1ccccc1NC(=O)CN1N=N[C@@H]2C(=O)N(c3ccc(C)cc3)C(=O)[C@@H]21. The van der Waals surface area contributed by atoms with E-state index in [9.17, 15) is 14.4 Å². The normalized spacial score (nSPS) is 20.2. The van der Waals surface area contributed by atoms with Crippen LogP contribution in [0, 0.1) is 6.92 Å². The Bertz CT molecular complexity index is 1000. The van der Waals surface area contributed by atoms with Gasteiger partial charge in [-0.25, -0.2) is 4.90 Å². The minimum absolute atomic E-state index is 0.219. The third-order valence-electron chi connectivity index (χ3n) is 4.84. The van der Waals surface area contributed by atoms with Gasteiger partial charge in [0.15, 0.2) is 12.1 Å². The van der Waals surface area contributed by atoms with E-state index in [0.717, 1.165) is 10.5 Å². The molecule has 1 fully saturated rings. The average molecular weight is 393 g/mol. The summed E-state index contributed by atoms with van der Waals surface area (Å²) in [4.78, 5) is 39.2. The van der Waals surface area contributed by atoms with E-state index < -0.39 is 29.8 Å². The fourth-order valence-electron chi connectivity index (χ4n) is 3.39. The zero-order valence-electron chi connectivity index (χ0n) is 15.9. The van der Waals surface area contributed by atoms with Crippen molar-refractivity contribution in [2.45, 2.75) is 19.0 Å². The average Bonchev–Trinajstić information content (AvgIpc) is 3.23. The molecule has 9 nitrogen and oxygen atoms in total. The van der Waals surface area contributed by atoms with Crippen LogP contribution in [0.2, 0.25) is 0 Å². The number of nitrogens with zero attached hydrogens (tertiary/aromatic N) is 4. The van der Waals surface area contributed by atoms with Crippen molar-refractivity contribution in [3.63, 3.8) is 0 Å². The van der Waals surface area contributed by atoms with Crippen LogP contribution >= 0.6 is 0 Å². The van der Waals surface area contributed by atoms with Gasteiger partial charge in [-0.1, -0.05) is 35.1 Å². The molecule has 4 rings (SSSR count). The van der Waals surface area contributed by atoms with Gasteiger partial charge in [-0.2, -0.15) is 5.11 Å². The summed E-state index contributed by atoms with van der Waals surface area (Å²) in [7, 11) is 1.51. The van der Waals surface area contributed by atoms with Crippen molar-refractivity contribution in [2.24, 2.45) is 10.3 Å². The van der Waals surface area contributed by atoms with E-state index in [1.54, 1.807) is 36.4 Å². The number of amides is 3. The highest BCUT2D eigenvalue weighted by atomic mass is 16.5. The summed E-state index contributed by atoms with van der Waals surface area (Å²) in [5.74, 6) is -0.776. The van der Waals surface area contributed by atoms with Gasteiger partial charge in [-0.3, -0.25) is 19.4 Å². The van der Waals surface area contributed by atoms with Crippen molar-refractivity contribution in [1.82, 2.24) is 5.01 Å². The molecule has 9 heteroatoms. The standard InChI is InChI=1S/C20H19N5O4/c1-12-7-9-13(10-8-12)25-19(27)17-18(20(25)28)24(23-22-17)11-16(26)21-14-5-3-4-6-15(14)29-2/h3-10,17-18H,11H2,1-2H3,(H,21,26)/t17-,18+/m0/s1. The van der Waals surface area contributed by atoms with Crippen molar-refractivity contribution in [1.29, 1.82) is 0 Å². The van der Waals surface area contributed by atoms with E-state index in [1.807, 2.05) is 19.1 Å². The molecule has 2 aromatic carbocycles. The lowest BCUT2D eigenvalue weighted by Gasteiger charge is -2.20. The Morgan fingerprint density at radius 3 is 2.55 bits per heavy atom. The predicted octanol–water partition coefficient (Wildman–Crippen LogP) is 1.94. The molecule has 0 saturated carbocycles. The number of para-hydroxylation sites is 2. The lowest BCUT2D eigenvalue weighted by Crippen LogP contribution is -2.43. The molecule has 0 unspecified atom stereocenters. The maximum atomic E-state index is 12.9. The number of anilines is 2.